The normalized spacial score (nSPS) is 23.4. The second-order valence-electron chi connectivity index (χ2n) is 5.23. The second-order valence-corrected chi connectivity index (χ2v) is 5.23. The van der Waals surface area contributed by atoms with Crippen LogP contribution in [0.4, 0.5) is 0 Å². The Bertz CT molecular complexity index is 488. The molecule has 1 unspecified atom stereocenters. The van der Waals surface area contributed by atoms with Crippen LogP contribution >= 0.6 is 0 Å². The van der Waals surface area contributed by atoms with Crippen LogP contribution in [0.5, 0.6) is 0 Å². The molecule has 0 N–H and O–H groups in total. The summed E-state index contributed by atoms with van der Waals surface area (Å²) < 4.78 is 12.4. The maximum atomic E-state index is 11.8. The van der Waals surface area contributed by atoms with Gasteiger partial charge in [-0.25, -0.2) is 0 Å². The van der Waals surface area contributed by atoms with Gasteiger partial charge in [-0.1, -0.05) is 0 Å². The van der Waals surface area contributed by atoms with Crippen molar-refractivity contribution in [1.82, 2.24) is 19.7 Å². The van der Waals surface area contributed by atoms with Gasteiger partial charge in [0.25, 0.3) is 0 Å². The molecule has 0 aromatic carbocycles. The first-order valence-electron chi connectivity index (χ1n) is 7.10. The average Bonchev–Trinajstić information content (AvgIpc) is 2.90. The fourth-order valence-corrected chi connectivity index (χ4v) is 2.85. The number of carbonyl (C=O) groups is 1. The van der Waals surface area contributed by atoms with E-state index in [-0.39, 0.29) is 12.0 Å². The Hall–Kier alpha value is -1.47. The maximum absolute atomic E-state index is 11.8. The van der Waals surface area contributed by atoms with E-state index < -0.39 is 0 Å². The third-order valence-electron chi connectivity index (χ3n) is 3.99. The number of esters is 1. The predicted molar refractivity (Wildman–Crippen MR) is 70.0 cm³/mol. The van der Waals surface area contributed by atoms with Crippen molar-refractivity contribution in [1.29, 1.82) is 0 Å². The third-order valence-corrected chi connectivity index (χ3v) is 3.99. The van der Waals surface area contributed by atoms with Crippen molar-refractivity contribution in [2.24, 2.45) is 0 Å². The van der Waals surface area contributed by atoms with Crippen LogP contribution in [0.3, 0.4) is 0 Å². The molecule has 3 heterocycles. The zero-order valence-corrected chi connectivity index (χ0v) is 11.7. The predicted octanol–water partition coefficient (Wildman–Crippen LogP) is -0.0118. The molecule has 7 heteroatoms. The zero-order valence-electron chi connectivity index (χ0n) is 11.7. The molecule has 1 fully saturated rings. The second kappa shape index (κ2) is 5.88. The van der Waals surface area contributed by atoms with Crippen molar-refractivity contribution in [3.8, 4) is 0 Å². The molecule has 0 aliphatic carbocycles. The van der Waals surface area contributed by atoms with Crippen molar-refractivity contribution >= 4 is 5.97 Å². The van der Waals surface area contributed by atoms with Gasteiger partial charge >= 0.3 is 5.97 Å². The lowest BCUT2D eigenvalue weighted by molar-refractivity contribution is -0.153. The molecule has 1 aromatic rings. The summed E-state index contributed by atoms with van der Waals surface area (Å²) in [6, 6.07) is -0.342. The first-order valence-corrected chi connectivity index (χ1v) is 7.10. The van der Waals surface area contributed by atoms with Gasteiger partial charge in [0.1, 0.15) is 17.7 Å². The van der Waals surface area contributed by atoms with Crippen molar-refractivity contribution < 1.29 is 14.3 Å². The molecule has 1 atom stereocenters. The Morgan fingerprint density at radius 1 is 1.40 bits per heavy atom. The Morgan fingerprint density at radius 3 is 3.15 bits per heavy atom. The van der Waals surface area contributed by atoms with Crippen LogP contribution < -0.4 is 0 Å². The lowest BCUT2D eigenvalue weighted by Gasteiger charge is -2.33. The molecule has 3 rings (SSSR count). The van der Waals surface area contributed by atoms with Crippen molar-refractivity contribution in [3.05, 3.63) is 11.6 Å². The van der Waals surface area contributed by atoms with Crippen LogP contribution in [-0.2, 0) is 33.8 Å². The largest absolute Gasteiger partial charge is 0.468 e. The fourth-order valence-electron chi connectivity index (χ4n) is 2.85. The summed E-state index contributed by atoms with van der Waals surface area (Å²) in [5.41, 5.74) is 0. The summed E-state index contributed by atoms with van der Waals surface area (Å²) in [6.45, 7) is 3.32. The van der Waals surface area contributed by atoms with E-state index in [2.05, 4.69) is 19.7 Å². The summed E-state index contributed by atoms with van der Waals surface area (Å²) >= 11 is 0. The first-order chi connectivity index (χ1) is 9.79. The average molecular weight is 280 g/mol. The van der Waals surface area contributed by atoms with Gasteiger partial charge in [0, 0.05) is 19.5 Å². The highest BCUT2D eigenvalue weighted by molar-refractivity contribution is 5.75. The molecule has 20 heavy (non-hydrogen) atoms. The number of hydrogen-bond donors (Lipinski definition) is 0. The van der Waals surface area contributed by atoms with Gasteiger partial charge < -0.3 is 14.0 Å². The van der Waals surface area contributed by atoms with Gasteiger partial charge in [0.15, 0.2) is 0 Å². The van der Waals surface area contributed by atoms with E-state index in [1.807, 2.05) is 0 Å². The Morgan fingerprint density at radius 2 is 2.30 bits per heavy atom. The number of morpholine rings is 1. The molecule has 0 saturated carbocycles. The highest BCUT2D eigenvalue weighted by Gasteiger charge is 2.31. The smallest absolute Gasteiger partial charge is 0.325 e. The van der Waals surface area contributed by atoms with Crippen LogP contribution in [0, 0.1) is 0 Å². The van der Waals surface area contributed by atoms with Crippen molar-refractivity contribution in [2.45, 2.75) is 38.4 Å². The summed E-state index contributed by atoms with van der Waals surface area (Å²) in [7, 11) is 1.41. The number of hydrogen-bond acceptors (Lipinski definition) is 6. The minimum Gasteiger partial charge on any atom is -0.468 e. The molecule has 1 saturated heterocycles. The topological polar surface area (TPSA) is 69.5 Å². The summed E-state index contributed by atoms with van der Waals surface area (Å²) in [4.78, 5) is 13.9. The number of aryl methyl sites for hydroxylation is 1. The van der Waals surface area contributed by atoms with Crippen LogP contribution in [0.15, 0.2) is 0 Å². The summed E-state index contributed by atoms with van der Waals surface area (Å²) in [5, 5.41) is 8.54. The molecule has 0 spiro atoms. The van der Waals surface area contributed by atoms with Crippen LogP contribution in [0.1, 0.15) is 24.5 Å². The minimum absolute atomic E-state index is 0.247. The SMILES string of the molecule is COC(=O)C1COCCN1Cc1nnc2n1CCCC2. The number of fused-ring (bicyclic) bond motifs is 1. The molecule has 0 amide bonds. The number of methoxy groups -OCH3 is 1. The van der Waals surface area contributed by atoms with E-state index in [1.54, 1.807) is 0 Å². The van der Waals surface area contributed by atoms with E-state index in [9.17, 15) is 4.79 Å². The molecular weight excluding hydrogens is 260 g/mol. The zero-order chi connectivity index (χ0) is 13.9. The molecular formula is C13H20N4O3. The van der Waals surface area contributed by atoms with Gasteiger partial charge in [-0.05, 0) is 12.8 Å². The van der Waals surface area contributed by atoms with Crippen molar-refractivity contribution in [2.75, 3.05) is 26.9 Å². The van der Waals surface area contributed by atoms with Gasteiger partial charge in [0.2, 0.25) is 0 Å². The number of rotatable bonds is 3. The monoisotopic (exact) mass is 280 g/mol. The molecule has 2 aliphatic heterocycles. The lowest BCUT2D eigenvalue weighted by Crippen LogP contribution is -2.50. The highest BCUT2D eigenvalue weighted by Crippen LogP contribution is 2.17. The van der Waals surface area contributed by atoms with Crippen LogP contribution in [-0.4, -0.2) is 58.5 Å². The van der Waals surface area contributed by atoms with Gasteiger partial charge in [0.05, 0.1) is 26.9 Å². The van der Waals surface area contributed by atoms with E-state index in [4.69, 9.17) is 9.47 Å². The van der Waals surface area contributed by atoms with Crippen LogP contribution in [0.25, 0.3) is 0 Å². The molecule has 7 nitrogen and oxygen atoms in total. The molecule has 2 aliphatic rings. The van der Waals surface area contributed by atoms with Crippen LogP contribution in [0.2, 0.25) is 0 Å². The third kappa shape index (κ3) is 2.55. The van der Waals surface area contributed by atoms with E-state index in [0.29, 0.717) is 26.3 Å². The maximum Gasteiger partial charge on any atom is 0.325 e. The minimum atomic E-state index is -0.342. The number of nitrogens with zero attached hydrogens (tertiary/aromatic N) is 4. The lowest BCUT2D eigenvalue weighted by atomic mass is 10.1. The van der Waals surface area contributed by atoms with E-state index in [0.717, 1.165) is 24.6 Å². The number of carbonyl (C=O) groups excluding carboxylic acids is 1. The Labute approximate surface area is 117 Å². The molecule has 0 bridgehead atoms. The Balaban J connectivity index is 1.75. The van der Waals surface area contributed by atoms with Gasteiger partial charge in [-0.2, -0.15) is 0 Å². The van der Waals surface area contributed by atoms with Gasteiger partial charge in [-0.3, -0.25) is 9.69 Å². The summed E-state index contributed by atoms with van der Waals surface area (Å²) in [5.74, 6) is 1.76. The van der Waals surface area contributed by atoms with E-state index >= 15 is 0 Å². The molecule has 1 aromatic heterocycles. The molecule has 0 radical (unpaired) electrons. The number of aromatic nitrogens is 3. The summed E-state index contributed by atoms with van der Waals surface area (Å²) in [6.07, 6.45) is 3.35. The van der Waals surface area contributed by atoms with E-state index in [1.165, 1.54) is 20.0 Å². The molecule has 110 valence electrons. The van der Waals surface area contributed by atoms with Gasteiger partial charge in [-0.15, -0.1) is 10.2 Å². The highest BCUT2D eigenvalue weighted by atomic mass is 16.5. The standard InChI is InChI=1S/C13H20N4O3/c1-19-13(18)10-9-20-7-6-16(10)8-12-15-14-11-4-2-3-5-17(11)12/h10H,2-9H2,1H3. The van der Waals surface area contributed by atoms with Crippen molar-refractivity contribution in [3.63, 3.8) is 0 Å². The fraction of sp³-hybridized carbons (Fsp3) is 0.769. The first kappa shape index (κ1) is 13.5. The Kier molecular flexibility index (Phi) is 3.98. The number of ether oxygens (including phenoxy) is 2. The quantitative estimate of drug-likeness (QED) is 0.725.